The standard InChI is InChI=1S/C15H17NO/c1-12(16)10-14(11-15-8-5-9-17-15)13-6-3-2-4-7-13/h2-9,11-12H,10,16H2,1H3/b14-11+. The topological polar surface area (TPSA) is 39.2 Å². The Morgan fingerprint density at radius 1 is 1.24 bits per heavy atom. The molecule has 1 atom stereocenters. The highest BCUT2D eigenvalue weighted by atomic mass is 16.3. The molecular weight excluding hydrogens is 210 g/mol. The molecule has 2 N–H and O–H groups in total. The third-order valence-corrected chi connectivity index (χ3v) is 2.55. The number of rotatable bonds is 4. The number of furan rings is 1. The van der Waals surface area contributed by atoms with Crippen LogP contribution in [0.5, 0.6) is 0 Å². The van der Waals surface area contributed by atoms with Crippen LogP contribution in [0.3, 0.4) is 0 Å². The van der Waals surface area contributed by atoms with Crippen LogP contribution in [-0.4, -0.2) is 6.04 Å². The zero-order valence-electron chi connectivity index (χ0n) is 9.97. The second-order valence-corrected chi connectivity index (χ2v) is 4.23. The first-order valence-corrected chi connectivity index (χ1v) is 5.81. The van der Waals surface area contributed by atoms with Crippen LogP contribution < -0.4 is 5.73 Å². The molecule has 2 nitrogen and oxygen atoms in total. The molecule has 17 heavy (non-hydrogen) atoms. The monoisotopic (exact) mass is 227 g/mol. The zero-order chi connectivity index (χ0) is 12.1. The van der Waals surface area contributed by atoms with E-state index in [1.165, 1.54) is 11.1 Å². The predicted octanol–water partition coefficient (Wildman–Crippen LogP) is 3.56. The van der Waals surface area contributed by atoms with E-state index >= 15 is 0 Å². The van der Waals surface area contributed by atoms with Crippen molar-refractivity contribution >= 4 is 11.6 Å². The van der Waals surface area contributed by atoms with E-state index in [1.54, 1.807) is 6.26 Å². The van der Waals surface area contributed by atoms with Gasteiger partial charge in [0.15, 0.2) is 0 Å². The highest BCUT2D eigenvalue weighted by molar-refractivity contribution is 5.80. The van der Waals surface area contributed by atoms with E-state index in [9.17, 15) is 0 Å². The summed E-state index contributed by atoms with van der Waals surface area (Å²) < 4.78 is 5.35. The first kappa shape index (κ1) is 11.7. The summed E-state index contributed by atoms with van der Waals surface area (Å²) in [6, 6.07) is 14.2. The predicted molar refractivity (Wildman–Crippen MR) is 71.3 cm³/mol. The largest absolute Gasteiger partial charge is 0.465 e. The van der Waals surface area contributed by atoms with Crippen molar-refractivity contribution in [2.45, 2.75) is 19.4 Å². The van der Waals surface area contributed by atoms with Gasteiger partial charge in [0.05, 0.1) is 6.26 Å². The van der Waals surface area contributed by atoms with Crippen molar-refractivity contribution in [3.05, 3.63) is 60.1 Å². The SMILES string of the molecule is CC(N)C/C(=C\c1ccco1)c1ccccc1. The summed E-state index contributed by atoms with van der Waals surface area (Å²) in [5.41, 5.74) is 8.29. The van der Waals surface area contributed by atoms with Gasteiger partial charge in [-0.3, -0.25) is 0 Å². The fourth-order valence-electron chi connectivity index (χ4n) is 1.80. The van der Waals surface area contributed by atoms with Crippen molar-refractivity contribution in [1.82, 2.24) is 0 Å². The van der Waals surface area contributed by atoms with Crippen molar-refractivity contribution in [2.24, 2.45) is 5.73 Å². The van der Waals surface area contributed by atoms with Crippen molar-refractivity contribution in [1.29, 1.82) is 0 Å². The molecule has 0 aliphatic heterocycles. The van der Waals surface area contributed by atoms with Gasteiger partial charge in [-0.15, -0.1) is 0 Å². The summed E-state index contributed by atoms with van der Waals surface area (Å²) in [5, 5.41) is 0. The highest BCUT2D eigenvalue weighted by Gasteiger charge is 2.05. The molecule has 2 heteroatoms. The van der Waals surface area contributed by atoms with Crippen LogP contribution in [-0.2, 0) is 0 Å². The van der Waals surface area contributed by atoms with Crippen LogP contribution in [0.1, 0.15) is 24.7 Å². The second kappa shape index (κ2) is 5.51. The lowest BCUT2D eigenvalue weighted by Crippen LogP contribution is -2.14. The Morgan fingerprint density at radius 3 is 2.59 bits per heavy atom. The van der Waals surface area contributed by atoms with Crippen LogP contribution >= 0.6 is 0 Å². The molecule has 0 aliphatic rings. The first-order valence-electron chi connectivity index (χ1n) is 5.81. The summed E-state index contributed by atoms with van der Waals surface area (Å²) in [5.74, 6) is 0.865. The molecule has 1 aromatic carbocycles. The summed E-state index contributed by atoms with van der Waals surface area (Å²) in [7, 11) is 0. The Labute approximate surface area is 102 Å². The molecule has 0 spiro atoms. The molecule has 2 rings (SSSR count). The quantitative estimate of drug-likeness (QED) is 0.867. The van der Waals surface area contributed by atoms with Gasteiger partial charge < -0.3 is 10.2 Å². The molecular formula is C15H17NO. The van der Waals surface area contributed by atoms with E-state index in [-0.39, 0.29) is 6.04 Å². The third-order valence-electron chi connectivity index (χ3n) is 2.55. The van der Waals surface area contributed by atoms with Gasteiger partial charge >= 0.3 is 0 Å². The maximum absolute atomic E-state index is 5.89. The minimum atomic E-state index is 0.136. The van der Waals surface area contributed by atoms with Crippen molar-refractivity contribution < 1.29 is 4.42 Å². The number of nitrogens with two attached hydrogens (primary N) is 1. The van der Waals surface area contributed by atoms with Gasteiger partial charge in [-0.1, -0.05) is 30.3 Å². The summed E-state index contributed by atoms with van der Waals surface area (Å²) in [6.07, 6.45) is 4.57. The molecule has 0 aliphatic carbocycles. The Bertz CT molecular complexity index is 469. The van der Waals surface area contributed by atoms with Gasteiger partial charge in [0, 0.05) is 6.04 Å². The maximum Gasteiger partial charge on any atom is 0.126 e. The average molecular weight is 227 g/mol. The summed E-state index contributed by atoms with van der Waals surface area (Å²) in [4.78, 5) is 0. The second-order valence-electron chi connectivity index (χ2n) is 4.23. The lowest BCUT2D eigenvalue weighted by Gasteiger charge is -2.10. The molecule has 0 fully saturated rings. The lowest BCUT2D eigenvalue weighted by atomic mass is 9.99. The maximum atomic E-state index is 5.89. The Kier molecular flexibility index (Phi) is 3.78. The molecule has 0 radical (unpaired) electrons. The first-order chi connectivity index (χ1) is 8.25. The highest BCUT2D eigenvalue weighted by Crippen LogP contribution is 2.22. The molecule has 1 unspecified atom stereocenters. The van der Waals surface area contributed by atoms with E-state index in [2.05, 4.69) is 18.2 Å². The van der Waals surface area contributed by atoms with Gasteiger partial charge in [-0.2, -0.15) is 0 Å². The molecule has 0 amide bonds. The smallest absolute Gasteiger partial charge is 0.126 e. The van der Waals surface area contributed by atoms with E-state index in [0.717, 1.165) is 12.2 Å². The van der Waals surface area contributed by atoms with Crippen molar-refractivity contribution in [3.63, 3.8) is 0 Å². The van der Waals surface area contributed by atoms with Crippen LogP contribution in [0.25, 0.3) is 11.6 Å². The molecule has 0 saturated carbocycles. The molecule has 0 saturated heterocycles. The number of hydrogen-bond donors (Lipinski definition) is 1. The van der Waals surface area contributed by atoms with Crippen LogP contribution in [0, 0.1) is 0 Å². The van der Waals surface area contributed by atoms with E-state index < -0.39 is 0 Å². The van der Waals surface area contributed by atoms with Gasteiger partial charge in [-0.05, 0) is 42.7 Å². The van der Waals surface area contributed by atoms with Gasteiger partial charge in [0.25, 0.3) is 0 Å². The van der Waals surface area contributed by atoms with E-state index in [4.69, 9.17) is 10.2 Å². The van der Waals surface area contributed by atoms with E-state index in [0.29, 0.717) is 0 Å². The van der Waals surface area contributed by atoms with E-state index in [1.807, 2.05) is 37.3 Å². The normalized spacial score (nSPS) is 13.6. The molecule has 0 bridgehead atoms. The fourth-order valence-corrected chi connectivity index (χ4v) is 1.80. The Morgan fingerprint density at radius 2 is 2.00 bits per heavy atom. The number of benzene rings is 1. The summed E-state index contributed by atoms with van der Waals surface area (Å²) >= 11 is 0. The lowest BCUT2D eigenvalue weighted by molar-refractivity contribution is 0.557. The van der Waals surface area contributed by atoms with Gasteiger partial charge in [0.2, 0.25) is 0 Å². The minimum absolute atomic E-state index is 0.136. The van der Waals surface area contributed by atoms with Crippen LogP contribution in [0.15, 0.2) is 53.1 Å². The van der Waals surface area contributed by atoms with Crippen molar-refractivity contribution in [2.75, 3.05) is 0 Å². The van der Waals surface area contributed by atoms with Crippen molar-refractivity contribution in [3.8, 4) is 0 Å². The molecule has 1 heterocycles. The Hall–Kier alpha value is -1.80. The molecule has 88 valence electrons. The zero-order valence-corrected chi connectivity index (χ0v) is 9.97. The molecule has 1 aromatic heterocycles. The van der Waals surface area contributed by atoms with Crippen LogP contribution in [0.4, 0.5) is 0 Å². The number of hydrogen-bond acceptors (Lipinski definition) is 2. The third kappa shape index (κ3) is 3.33. The Balaban J connectivity index is 2.32. The minimum Gasteiger partial charge on any atom is -0.465 e. The van der Waals surface area contributed by atoms with Crippen LogP contribution in [0.2, 0.25) is 0 Å². The average Bonchev–Trinajstić information content (AvgIpc) is 2.82. The van der Waals surface area contributed by atoms with Gasteiger partial charge in [0.1, 0.15) is 5.76 Å². The summed E-state index contributed by atoms with van der Waals surface area (Å²) in [6.45, 7) is 2.01. The fraction of sp³-hybridized carbons (Fsp3) is 0.200. The molecule has 2 aromatic rings. The van der Waals surface area contributed by atoms with Gasteiger partial charge in [-0.25, -0.2) is 0 Å².